The molecule has 5 heteroatoms. The lowest BCUT2D eigenvalue weighted by Crippen LogP contribution is -2.07. The summed E-state index contributed by atoms with van der Waals surface area (Å²) >= 11 is 0. The van der Waals surface area contributed by atoms with Crippen LogP contribution in [-0.4, -0.2) is 20.7 Å². The second-order valence-corrected chi connectivity index (χ2v) is 4.27. The SMILES string of the molecule is Cc1nn(C)c(C)c1C=CC(=O)Nc1cccnc1. The first kappa shape index (κ1) is 13.0. The Labute approximate surface area is 112 Å². The van der Waals surface area contributed by atoms with Gasteiger partial charge in [0.05, 0.1) is 17.6 Å². The number of carbonyl (C=O) groups is 1. The number of hydrogen-bond acceptors (Lipinski definition) is 3. The van der Waals surface area contributed by atoms with Gasteiger partial charge < -0.3 is 5.32 Å². The molecule has 2 aromatic rings. The fraction of sp³-hybridized carbons (Fsp3) is 0.214. The number of rotatable bonds is 3. The van der Waals surface area contributed by atoms with Gasteiger partial charge in [0.1, 0.15) is 0 Å². The Morgan fingerprint density at radius 1 is 1.42 bits per heavy atom. The number of nitrogens with zero attached hydrogens (tertiary/aromatic N) is 3. The lowest BCUT2D eigenvalue weighted by molar-refractivity contribution is -0.111. The van der Waals surface area contributed by atoms with E-state index in [4.69, 9.17) is 0 Å². The topological polar surface area (TPSA) is 59.8 Å². The summed E-state index contributed by atoms with van der Waals surface area (Å²) in [6.07, 6.45) is 6.55. The van der Waals surface area contributed by atoms with Gasteiger partial charge in [0.25, 0.3) is 0 Å². The van der Waals surface area contributed by atoms with Crippen LogP contribution in [0.5, 0.6) is 0 Å². The first-order valence-electron chi connectivity index (χ1n) is 5.97. The number of nitrogens with one attached hydrogen (secondary N) is 1. The molecule has 5 nitrogen and oxygen atoms in total. The highest BCUT2D eigenvalue weighted by Crippen LogP contribution is 2.13. The molecule has 0 radical (unpaired) electrons. The van der Waals surface area contributed by atoms with Gasteiger partial charge in [-0.05, 0) is 32.1 Å². The van der Waals surface area contributed by atoms with Crippen molar-refractivity contribution >= 4 is 17.7 Å². The highest BCUT2D eigenvalue weighted by molar-refractivity contribution is 6.01. The molecule has 0 saturated heterocycles. The van der Waals surface area contributed by atoms with E-state index in [0.29, 0.717) is 5.69 Å². The zero-order valence-corrected chi connectivity index (χ0v) is 11.2. The van der Waals surface area contributed by atoms with E-state index < -0.39 is 0 Å². The van der Waals surface area contributed by atoms with E-state index in [2.05, 4.69) is 15.4 Å². The minimum absolute atomic E-state index is 0.185. The maximum atomic E-state index is 11.8. The molecule has 0 spiro atoms. The van der Waals surface area contributed by atoms with Crippen molar-refractivity contribution in [1.29, 1.82) is 0 Å². The summed E-state index contributed by atoms with van der Waals surface area (Å²) in [4.78, 5) is 15.7. The van der Waals surface area contributed by atoms with Gasteiger partial charge in [0.15, 0.2) is 0 Å². The van der Waals surface area contributed by atoms with Gasteiger partial charge in [-0.2, -0.15) is 5.10 Å². The summed E-state index contributed by atoms with van der Waals surface area (Å²) in [5, 5.41) is 7.04. The molecule has 98 valence electrons. The Morgan fingerprint density at radius 2 is 2.21 bits per heavy atom. The maximum absolute atomic E-state index is 11.8. The van der Waals surface area contributed by atoms with Crippen molar-refractivity contribution in [1.82, 2.24) is 14.8 Å². The van der Waals surface area contributed by atoms with Crippen LogP contribution in [-0.2, 0) is 11.8 Å². The molecule has 1 N–H and O–H groups in total. The molecule has 19 heavy (non-hydrogen) atoms. The van der Waals surface area contributed by atoms with Crippen LogP contribution in [0.25, 0.3) is 6.08 Å². The highest BCUT2D eigenvalue weighted by atomic mass is 16.1. The molecule has 0 aliphatic rings. The molecule has 0 bridgehead atoms. The Balaban J connectivity index is 2.08. The van der Waals surface area contributed by atoms with E-state index in [1.54, 1.807) is 35.3 Å². The number of aromatic nitrogens is 3. The summed E-state index contributed by atoms with van der Waals surface area (Å²) in [6.45, 7) is 3.89. The predicted molar refractivity (Wildman–Crippen MR) is 74.6 cm³/mol. The molecule has 0 aliphatic heterocycles. The number of hydrogen-bond donors (Lipinski definition) is 1. The Morgan fingerprint density at radius 3 is 2.79 bits per heavy atom. The molecular formula is C14H16N4O. The quantitative estimate of drug-likeness (QED) is 0.855. The second kappa shape index (κ2) is 5.48. The zero-order valence-electron chi connectivity index (χ0n) is 11.2. The van der Waals surface area contributed by atoms with E-state index in [1.807, 2.05) is 20.9 Å². The van der Waals surface area contributed by atoms with Crippen molar-refractivity contribution in [2.75, 3.05) is 5.32 Å². The van der Waals surface area contributed by atoms with Crippen LogP contribution in [0.15, 0.2) is 30.6 Å². The summed E-state index contributed by atoms with van der Waals surface area (Å²) in [5.74, 6) is -0.185. The van der Waals surface area contributed by atoms with Crippen molar-refractivity contribution in [2.45, 2.75) is 13.8 Å². The summed E-state index contributed by atoms with van der Waals surface area (Å²) in [5.41, 5.74) is 3.59. The lowest BCUT2D eigenvalue weighted by atomic mass is 10.2. The first-order valence-corrected chi connectivity index (χ1v) is 5.97. The van der Waals surface area contributed by atoms with Gasteiger partial charge in [0, 0.05) is 30.6 Å². The molecule has 0 atom stereocenters. The Bertz CT molecular complexity index is 614. The predicted octanol–water partition coefficient (Wildman–Crippen LogP) is 2.08. The van der Waals surface area contributed by atoms with E-state index in [1.165, 1.54) is 6.08 Å². The van der Waals surface area contributed by atoms with Crippen LogP contribution in [0.4, 0.5) is 5.69 Å². The number of pyridine rings is 1. The minimum atomic E-state index is -0.185. The number of aryl methyl sites for hydroxylation is 2. The fourth-order valence-electron chi connectivity index (χ4n) is 1.81. The molecule has 2 heterocycles. The van der Waals surface area contributed by atoms with Crippen molar-refractivity contribution < 1.29 is 4.79 Å². The van der Waals surface area contributed by atoms with E-state index in [-0.39, 0.29) is 5.91 Å². The lowest BCUT2D eigenvalue weighted by Gasteiger charge is -2.00. The molecule has 2 aromatic heterocycles. The number of carbonyl (C=O) groups excluding carboxylic acids is 1. The Hall–Kier alpha value is -2.43. The van der Waals surface area contributed by atoms with Gasteiger partial charge in [-0.3, -0.25) is 14.5 Å². The van der Waals surface area contributed by atoms with Crippen LogP contribution in [0.3, 0.4) is 0 Å². The van der Waals surface area contributed by atoms with Crippen molar-refractivity contribution in [3.05, 3.63) is 47.6 Å². The Kier molecular flexibility index (Phi) is 3.75. The third kappa shape index (κ3) is 3.07. The summed E-state index contributed by atoms with van der Waals surface area (Å²) < 4.78 is 1.80. The van der Waals surface area contributed by atoms with Crippen LogP contribution < -0.4 is 5.32 Å². The van der Waals surface area contributed by atoms with Crippen LogP contribution in [0.1, 0.15) is 17.0 Å². The van der Waals surface area contributed by atoms with E-state index in [9.17, 15) is 4.79 Å². The molecule has 1 amide bonds. The smallest absolute Gasteiger partial charge is 0.248 e. The highest BCUT2D eigenvalue weighted by Gasteiger charge is 2.06. The largest absolute Gasteiger partial charge is 0.321 e. The molecular weight excluding hydrogens is 240 g/mol. The van der Waals surface area contributed by atoms with Crippen molar-refractivity contribution in [2.24, 2.45) is 7.05 Å². The van der Waals surface area contributed by atoms with Crippen molar-refractivity contribution in [3.63, 3.8) is 0 Å². The van der Waals surface area contributed by atoms with Gasteiger partial charge in [-0.15, -0.1) is 0 Å². The van der Waals surface area contributed by atoms with Gasteiger partial charge >= 0.3 is 0 Å². The van der Waals surface area contributed by atoms with Gasteiger partial charge in [0.2, 0.25) is 5.91 Å². The molecule has 2 rings (SSSR count). The summed E-state index contributed by atoms with van der Waals surface area (Å²) in [7, 11) is 1.88. The van der Waals surface area contributed by atoms with Gasteiger partial charge in [-0.25, -0.2) is 0 Å². The average molecular weight is 256 g/mol. The third-order valence-electron chi connectivity index (χ3n) is 2.90. The minimum Gasteiger partial charge on any atom is -0.321 e. The monoisotopic (exact) mass is 256 g/mol. The van der Waals surface area contributed by atoms with E-state index in [0.717, 1.165) is 17.0 Å². The molecule has 0 fully saturated rings. The zero-order chi connectivity index (χ0) is 13.8. The number of anilines is 1. The molecule has 0 aliphatic carbocycles. The van der Waals surface area contributed by atoms with E-state index >= 15 is 0 Å². The second-order valence-electron chi connectivity index (χ2n) is 4.27. The van der Waals surface area contributed by atoms with Crippen LogP contribution in [0.2, 0.25) is 0 Å². The third-order valence-corrected chi connectivity index (χ3v) is 2.90. The molecule has 0 unspecified atom stereocenters. The first-order chi connectivity index (χ1) is 9.08. The maximum Gasteiger partial charge on any atom is 0.248 e. The van der Waals surface area contributed by atoms with Crippen molar-refractivity contribution in [3.8, 4) is 0 Å². The molecule has 0 aromatic carbocycles. The average Bonchev–Trinajstić information content (AvgIpc) is 2.62. The number of amides is 1. The van der Waals surface area contributed by atoms with Crippen LogP contribution >= 0.6 is 0 Å². The molecule has 0 saturated carbocycles. The standard InChI is InChI=1S/C14H16N4O/c1-10-13(11(2)18(3)17-10)6-7-14(19)16-12-5-4-8-15-9-12/h4-9H,1-3H3,(H,16,19). The fourth-order valence-corrected chi connectivity index (χ4v) is 1.81. The van der Waals surface area contributed by atoms with Gasteiger partial charge in [-0.1, -0.05) is 0 Å². The van der Waals surface area contributed by atoms with Crippen LogP contribution in [0, 0.1) is 13.8 Å². The normalized spacial score (nSPS) is 10.9. The summed E-state index contributed by atoms with van der Waals surface area (Å²) in [6, 6.07) is 3.56.